The summed E-state index contributed by atoms with van der Waals surface area (Å²) in [5, 5.41) is 5.47. The highest BCUT2D eigenvalue weighted by Crippen LogP contribution is 2.26. The number of rotatable bonds is 6. The van der Waals surface area contributed by atoms with Crippen molar-refractivity contribution >= 4 is 11.8 Å². The van der Waals surface area contributed by atoms with Gasteiger partial charge in [0.25, 0.3) is 0 Å². The van der Waals surface area contributed by atoms with E-state index in [2.05, 4.69) is 10.6 Å². The fourth-order valence-corrected chi connectivity index (χ4v) is 3.23. The Kier molecular flexibility index (Phi) is 6.25. The number of nitrogens with one attached hydrogen (secondary N) is 2. The van der Waals surface area contributed by atoms with Crippen molar-refractivity contribution in [1.82, 2.24) is 10.6 Å². The van der Waals surface area contributed by atoms with Crippen molar-refractivity contribution in [2.45, 2.75) is 44.7 Å². The van der Waals surface area contributed by atoms with Crippen molar-refractivity contribution in [2.24, 2.45) is 11.7 Å². The summed E-state index contributed by atoms with van der Waals surface area (Å²) in [6.45, 7) is 1.79. The summed E-state index contributed by atoms with van der Waals surface area (Å²) in [7, 11) is 0. The second-order valence-electron chi connectivity index (χ2n) is 6.22. The van der Waals surface area contributed by atoms with Crippen molar-refractivity contribution in [2.75, 3.05) is 6.54 Å². The van der Waals surface area contributed by atoms with Crippen molar-refractivity contribution in [3.63, 3.8) is 0 Å². The number of carbonyl (C=O) groups is 2. The van der Waals surface area contributed by atoms with Crippen molar-refractivity contribution < 1.29 is 18.4 Å². The summed E-state index contributed by atoms with van der Waals surface area (Å²) in [6.07, 6.45) is 2.73. The number of hydrogen-bond donors (Lipinski definition) is 3. The lowest BCUT2D eigenvalue weighted by molar-refractivity contribution is -0.123. The number of nitrogens with two attached hydrogens (primary N) is 1. The van der Waals surface area contributed by atoms with E-state index in [0.29, 0.717) is 6.54 Å². The first-order valence-electron chi connectivity index (χ1n) is 8.12. The molecule has 0 bridgehead atoms. The summed E-state index contributed by atoms with van der Waals surface area (Å²) in [6, 6.07) is 2.26. The van der Waals surface area contributed by atoms with Gasteiger partial charge in [0.2, 0.25) is 11.8 Å². The molecule has 0 radical (unpaired) electrons. The minimum Gasteiger partial charge on any atom is -0.353 e. The maximum Gasteiger partial charge on any atom is 0.222 e. The Bertz CT molecular complexity index is 609. The smallest absolute Gasteiger partial charge is 0.222 e. The van der Waals surface area contributed by atoms with Crippen molar-refractivity contribution in [3.05, 3.63) is 35.4 Å². The lowest BCUT2D eigenvalue weighted by atomic mass is 10.0. The van der Waals surface area contributed by atoms with Crippen LogP contribution in [0.2, 0.25) is 0 Å². The van der Waals surface area contributed by atoms with Crippen LogP contribution >= 0.6 is 0 Å². The van der Waals surface area contributed by atoms with Crippen LogP contribution < -0.4 is 16.4 Å². The van der Waals surface area contributed by atoms with Gasteiger partial charge in [-0.3, -0.25) is 9.59 Å². The van der Waals surface area contributed by atoms with E-state index in [1.54, 1.807) is 0 Å². The molecule has 3 unspecified atom stereocenters. The van der Waals surface area contributed by atoms with Crippen LogP contribution in [-0.4, -0.2) is 24.4 Å². The Hall–Kier alpha value is -2.02. The maximum absolute atomic E-state index is 14.0. The number of halogens is 2. The first-order valence-corrected chi connectivity index (χ1v) is 8.12. The van der Waals surface area contributed by atoms with Gasteiger partial charge in [-0.15, -0.1) is 0 Å². The van der Waals surface area contributed by atoms with Crippen LogP contribution in [0, 0.1) is 17.6 Å². The third kappa shape index (κ3) is 4.74. The van der Waals surface area contributed by atoms with E-state index in [1.807, 2.05) is 0 Å². The van der Waals surface area contributed by atoms with E-state index in [-0.39, 0.29) is 29.9 Å². The predicted octanol–water partition coefficient (Wildman–Crippen LogP) is 1.78. The molecular weight excluding hydrogens is 316 g/mol. The van der Waals surface area contributed by atoms with Crippen LogP contribution in [0.15, 0.2) is 18.2 Å². The molecule has 1 saturated carbocycles. The van der Waals surface area contributed by atoms with E-state index < -0.39 is 23.6 Å². The minimum absolute atomic E-state index is 0.0125. The Morgan fingerprint density at radius 2 is 2.08 bits per heavy atom. The Labute approximate surface area is 140 Å². The normalized spacial score (nSPS) is 21.3. The molecule has 132 valence electrons. The summed E-state index contributed by atoms with van der Waals surface area (Å²) in [5.74, 6) is -1.93. The van der Waals surface area contributed by atoms with Gasteiger partial charge in [-0.2, -0.15) is 0 Å². The second-order valence-corrected chi connectivity index (χ2v) is 6.22. The molecule has 0 saturated heterocycles. The van der Waals surface area contributed by atoms with E-state index in [9.17, 15) is 18.4 Å². The molecule has 1 aliphatic carbocycles. The highest BCUT2D eigenvalue weighted by atomic mass is 19.1. The Morgan fingerprint density at radius 1 is 1.33 bits per heavy atom. The molecule has 0 aliphatic heterocycles. The number of benzene rings is 1. The third-order valence-corrected chi connectivity index (χ3v) is 4.41. The average molecular weight is 339 g/mol. The molecule has 2 rings (SSSR count). The van der Waals surface area contributed by atoms with Gasteiger partial charge in [0.05, 0.1) is 12.5 Å². The van der Waals surface area contributed by atoms with Gasteiger partial charge < -0.3 is 16.4 Å². The monoisotopic (exact) mass is 339 g/mol. The second kappa shape index (κ2) is 8.19. The Balaban J connectivity index is 2.08. The Morgan fingerprint density at radius 3 is 2.71 bits per heavy atom. The molecule has 0 heterocycles. The summed E-state index contributed by atoms with van der Waals surface area (Å²) in [5.41, 5.74) is 5.79. The number of amides is 2. The zero-order valence-corrected chi connectivity index (χ0v) is 13.6. The SMILES string of the molecule is CC(=O)NC(CC(=O)NC1CCCC1CN)c1ccc(F)cc1F. The van der Waals surface area contributed by atoms with Crippen LogP contribution in [-0.2, 0) is 9.59 Å². The maximum atomic E-state index is 14.0. The highest BCUT2D eigenvalue weighted by molar-refractivity contribution is 5.79. The molecule has 24 heavy (non-hydrogen) atoms. The fourth-order valence-electron chi connectivity index (χ4n) is 3.23. The van der Waals surface area contributed by atoms with E-state index in [4.69, 9.17) is 5.73 Å². The zero-order chi connectivity index (χ0) is 17.7. The minimum atomic E-state index is -0.846. The summed E-state index contributed by atoms with van der Waals surface area (Å²) in [4.78, 5) is 23.7. The van der Waals surface area contributed by atoms with Crippen molar-refractivity contribution in [1.29, 1.82) is 0 Å². The fraction of sp³-hybridized carbons (Fsp3) is 0.529. The van der Waals surface area contributed by atoms with Gasteiger partial charge in [-0.05, 0) is 31.4 Å². The van der Waals surface area contributed by atoms with Crippen LogP contribution in [0.4, 0.5) is 8.78 Å². The van der Waals surface area contributed by atoms with E-state index in [1.165, 1.54) is 13.0 Å². The molecule has 4 N–H and O–H groups in total. The molecule has 1 aromatic carbocycles. The van der Waals surface area contributed by atoms with Gasteiger partial charge in [0.1, 0.15) is 11.6 Å². The molecule has 3 atom stereocenters. The van der Waals surface area contributed by atoms with Gasteiger partial charge >= 0.3 is 0 Å². The molecular formula is C17H23F2N3O2. The molecule has 2 amide bonds. The molecule has 0 aromatic heterocycles. The third-order valence-electron chi connectivity index (χ3n) is 4.41. The van der Waals surface area contributed by atoms with Crippen molar-refractivity contribution in [3.8, 4) is 0 Å². The standard InChI is InChI=1S/C17H23F2N3O2/c1-10(23)21-16(13-6-5-12(18)7-14(13)19)8-17(24)22-15-4-2-3-11(15)9-20/h5-7,11,15-16H,2-4,8-9,20H2,1H3,(H,21,23)(H,22,24). The average Bonchev–Trinajstić information content (AvgIpc) is 2.93. The molecule has 0 spiro atoms. The first kappa shape index (κ1) is 18.3. The van der Waals surface area contributed by atoms with Gasteiger partial charge in [-0.1, -0.05) is 12.5 Å². The topological polar surface area (TPSA) is 84.2 Å². The molecule has 1 fully saturated rings. The highest BCUT2D eigenvalue weighted by Gasteiger charge is 2.28. The van der Waals surface area contributed by atoms with Gasteiger partial charge in [-0.25, -0.2) is 8.78 Å². The largest absolute Gasteiger partial charge is 0.353 e. The zero-order valence-electron chi connectivity index (χ0n) is 13.6. The van der Waals surface area contributed by atoms with Crippen LogP contribution in [0.25, 0.3) is 0 Å². The number of carbonyl (C=O) groups excluding carboxylic acids is 2. The van der Waals surface area contributed by atoms with Crippen LogP contribution in [0.1, 0.15) is 44.2 Å². The van der Waals surface area contributed by atoms with Crippen LogP contribution in [0.3, 0.4) is 0 Å². The van der Waals surface area contributed by atoms with E-state index in [0.717, 1.165) is 31.4 Å². The predicted molar refractivity (Wildman–Crippen MR) is 85.9 cm³/mol. The van der Waals surface area contributed by atoms with Gasteiger partial charge in [0.15, 0.2) is 0 Å². The first-order chi connectivity index (χ1) is 11.4. The molecule has 1 aliphatic rings. The van der Waals surface area contributed by atoms with Crippen LogP contribution in [0.5, 0.6) is 0 Å². The lowest BCUT2D eigenvalue weighted by Gasteiger charge is -2.23. The van der Waals surface area contributed by atoms with Gasteiger partial charge in [0, 0.05) is 24.6 Å². The molecule has 7 heteroatoms. The molecule has 5 nitrogen and oxygen atoms in total. The molecule has 1 aromatic rings. The van der Waals surface area contributed by atoms with E-state index >= 15 is 0 Å². The summed E-state index contributed by atoms with van der Waals surface area (Å²) >= 11 is 0. The lowest BCUT2D eigenvalue weighted by Crippen LogP contribution is -2.41. The summed E-state index contributed by atoms with van der Waals surface area (Å²) < 4.78 is 27.1. The quantitative estimate of drug-likeness (QED) is 0.738. The number of hydrogen-bond acceptors (Lipinski definition) is 3.